The van der Waals surface area contributed by atoms with Crippen LogP contribution < -0.4 is 10.2 Å². The van der Waals surface area contributed by atoms with E-state index < -0.39 is 0 Å². The first-order valence-electron chi connectivity index (χ1n) is 6.71. The molecule has 1 aliphatic heterocycles. The maximum absolute atomic E-state index is 11.2. The summed E-state index contributed by atoms with van der Waals surface area (Å²) in [5, 5.41) is 2.99. The molecule has 1 aliphatic rings. The molecule has 2 rings (SSSR count). The normalized spacial score (nSPS) is 16.6. The maximum Gasteiger partial charge on any atom is 0.219 e. The number of rotatable bonds is 4. The first kappa shape index (κ1) is 12.9. The molecular formula is C14H21N3O. The summed E-state index contributed by atoms with van der Waals surface area (Å²) in [5.74, 6) is 0.776. The van der Waals surface area contributed by atoms with Crippen molar-refractivity contribution in [3.8, 4) is 0 Å². The third-order valence-electron chi connectivity index (χ3n) is 3.53. The van der Waals surface area contributed by atoms with Crippen molar-refractivity contribution in [2.45, 2.75) is 26.2 Å². The van der Waals surface area contributed by atoms with Crippen molar-refractivity contribution < 1.29 is 4.79 Å². The largest absolute Gasteiger partial charge is 0.370 e. The molecule has 1 aromatic rings. The lowest BCUT2D eigenvalue weighted by atomic mass is 9.96. The van der Waals surface area contributed by atoms with E-state index in [-0.39, 0.29) is 5.91 Å². The summed E-state index contributed by atoms with van der Waals surface area (Å²) in [5.41, 5.74) is 1.20. The number of hydrogen-bond acceptors (Lipinski definition) is 3. The highest BCUT2D eigenvalue weighted by Crippen LogP contribution is 2.21. The molecule has 98 valence electrons. The van der Waals surface area contributed by atoms with Crippen LogP contribution in [-0.4, -0.2) is 30.5 Å². The number of amides is 1. The number of piperidine rings is 1. The Morgan fingerprint density at radius 3 is 2.89 bits per heavy atom. The molecule has 1 aromatic heterocycles. The Kier molecular flexibility index (Phi) is 4.56. The van der Waals surface area contributed by atoms with Gasteiger partial charge in [0.2, 0.25) is 5.91 Å². The lowest BCUT2D eigenvalue weighted by Gasteiger charge is -2.33. The summed E-state index contributed by atoms with van der Waals surface area (Å²) >= 11 is 0. The molecule has 4 nitrogen and oxygen atoms in total. The molecule has 0 bridgehead atoms. The van der Waals surface area contributed by atoms with Gasteiger partial charge in [0.05, 0.1) is 11.9 Å². The highest BCUT2D eigenvalue weighted by molar-refractivity contribution is 5.75. The third-order valence-corrected chi connectivity index (χ3v) is 3.53. The lowest BCUT2D eigenvalue weighted by molar-refractivity contribution is -0.120. The van der Waals surface area contributed by atoms with Crippen molar-refractivity contribution in [2.24, 2.45) is 5.92 Å². The van der Waals surface area contributed by atoms with E-state index in [0.29, 0.717) is 12.3 Å². The molecule has 1 amide bonds. The Morgan fingerprint density at radius 2 is 2.28 bits per heavy atom. The van der Waals surface area contributed by atoms with E-state index >= 15 is 0 Å². The van der Waals surface area contributed by atoms with Crippen molar-refractivity contribution >= 4 is 11.6 Å². The summed E-state index contributed by atoms with van der Waals surface area (Å²) in [6.45, 7) is 4.82. The zero-order chi connectivity index (χ0) is 12.8. The van der Waals surface area contributed by atoms with Crippen molar-refractivity contribution in [1.82, 2.24) is 10.3 Å². The van der Waals surface area contributed by atoms with Gasteiger partial charge in [0.1, 0.15) is 0 Å². The number of nitrogens with one attached hydrogen (secondary N) is 1. The van der Waals surface area contributed by atoms with Crippen LogP contribution in [-0.2, 0) is 4.79 Å². The van der Waals surface area contributed by atoms with Gasteiger partial charge in [-0.2, -0.15) is 0 Å². The highest BCUT2D eigenvalue weighted by Gasteiger charge is 2.19. The predicted molar refractivity (Wildman–Crippen MR) is 72.5 cm³/mol. The Hall–Kier alpha value is -1.58. The van der Waals surface area contributed by atoms with E-state index in [4.69, 9.17) is 0 Å². The van der Waals surface area contributed by atoms with Crippen LogP contribution in [0.1, 0.15) is 26.2 Å². The van der Waals surface area contributed by atoms with Gasteiger partial charge >= 0.3 is 0 Å². The second-order valence-corrected chi connectivity index (χ2v) is 4.80. The maximum atomic E-state index is 11.2. The second kappa shape index (κ2) is 6.38. The van der Waals surface area contributed by atoms with Gasteiger partial charge in [-0.15, -0.1) is 0 Å². The smallest absolute Gasteiger partial charge is 0.219 e. The summed E-state index contributed by atoms with van der Waals surface area (Å²) in [7, 11) is 0. The molecule has 1 saturated heterocycles. The zero-order valence-electron chi connectivity index (χ0n) is 10.9. The monoisotopic (exact) mass is 247 g/mol. The highest BCUT2D eigenvalue weighted by atomic mass is 16.1. The number of carbonyl (C=O) groups is 1. The standard InChI is InChI=1S/C14H21N3O/c1-2-14(18)16-10-12-5-8-17(9-6-12)13-4-3-7-15-11-13/h3-4,7,11-12H,2,5-6,8-10H2,1H3,(H,16,18). The average molecular weight is 247 g/mol. The summed E-state index contributed by atoms with van der Waals surface area (Å²) in [6, 6.07) is 4.08. The number of pyridine rings is 1. The van der Waals surface area contributed by atoms with E-state index in [2.05, 4.69) is 21.3 Å². The molecule has 18 heavy (non-hydrogen) atoms. The van der Waals surface area contributed by atoms with Crippen LogP contribution >= 0.6 is 0 Å². The molecule has 0 spiro atoms. The van der Waals surface area contributed by atoms with Gasteiger partial charge in [0.15, 0.2) is 0 Å². The molecule has 0 radical (unpaired) electrons. The van der Waals surface area contributed by atoms with Crippen LogP contribution in [0.25, 0.3) is 0 Å². The minimum atomic E-state index is 0.157. The average Bonchev–Trinajstić information content (AvgIpc) is 2.46. The number of hydrogen-bond donors (Lipinski definition) is 1. The molecule has 0 unspecified atom stereocenters. The molecule has 0 aromatic carbocycles. The Labute approximate surface area is 108 Å². The van der Waals surface area contributed by atoms with Gasteiger partial charge in [-0.05, 0) is 30.9 Å². The zero-order valence-corrected chi connectivity index (χ0v) is 10.9. The summed E-state index contributed by atoms with van der Waals surface area (Å²) < 4.78 is 0. The van der Waals surface area contributed by atoms with E-state index in [0.717, 1.165) is 32.5 Å². The Balaban J connectivity index is 1.76. The minimum Gasteiger partial charge on any atom is -0.370 e. The number of aromatic nitrogens is 1. The van der Waals surface area contributed by atoms with Crippen molar-refractivity contribution in [2.75, 3.05) is 24.5 Å². The lowest BCUT2D eigenvalue weighted by Crippen LogP contribution is -2.38. The Bertz CT molecular complexity index is 372. The van der Waals surface area contributed by atoms with Gasteiger partial charge in [0.25, 0.3) is 0 Å². The number of nitrogens with zero attached hydrogens (tertiary/aromatic N) is 2. The summed E-state index contributed by atoms with van der Waals surface area (Å²) in [6.07, 6.45) is 6.57. The summed E-state index contributed by atoms with van der Waals surface area (Å²) in [4.78, 5) is 17.7. The fourth-order valence-electron chi connectivity index (χ4n) is 2.32. The molecule has 0 aliphatic carbocycles. The molecule has 2 heterocycles. The molecule has 0 saturated carbocycles. The van der Waals surface area contributed by atoms with Crippen molar-refractivity contribution in [3.63, 3.8) is 0 Å². The second-order valence-electron chi connectivity index (χ2n) is 4.80. The van der Waals surface area contributed by atoms with Crippen LogP contribution in [0.15, 0.2) is 24.5 Å². The van der Waals surface area contributed by atoms with Gasteiger partial charge in [-0.3, -0.25) is 9.78 Å². The predicted octanol–water partition coefficient (Wildman–Crippen LogP) is 1.82. The molecule has 0 atom stereocenters. The third kappa shape index (κ3) is 3.45. The molecular weight excluding hydrogens is 226 g/mol. The Morgan fingerprint density at radius 1 is 1.50 bits per heavy atom. The van der Waals surface area contributed by atoms with E-state index in [9.17, 15) is 4.79 Å². The van der Waals surface area contributed by atoms with E-state index in [1.165, 1.54) is 5.69 Å². The SMILES string of the molecule is CCC(=O)NCC1CCN(c2cccnc2)CC1. The van der Waals surface area contributed by atoms with Gasteiger partial charge in [-0.25, -0.2) is 0 Å². The molecule has 1 N–H and O–H groups in total. The van der Waals surface area contributed by atoms with Crippen LogP contribution in [0.3, 0.4) is 0 Å². The topological polar surface area (TPSA) is 45.2 Å². The first-order valence-corrected chi connectivity index (χ1v) is 6.71. The quantitative estimate of drug-likeness (QED) is 0.882. The van der Waals surface area contributed by atoms with Gasteiger partial charge in [0, 0.05) is 32.3 Å². The van der Waals surface area contributed by atoms with Gasteiger partial charge < -0.3 is 10.2 Å². The van der Waals surface area contributed by atoms with Crippen LogP contribution in [0, 0.1) is 5.92 Å². The first-order chi connectivity index (χ1) is 8.79. The van der Waals surface area contributed by atoms with Crippen LogP contribution in [0.2, 0.25) is 0 Å². The van der Waals surface area contributed by atoms with E-state index in [1.807, 2.05) is 19.2 Å². The number of anilines is 1. The number of carbonyl (C=O) groups excluding carboxylic acids is 1. The van der Waals surface area contributed by atoms with Crippen molar-refractivity contribution in [3.05, 3.63) is 24.5 Å². The fraction of sp³-hybridized carbons (Fsp3) is 0.571. The van der Waals surface area contributed by atoms with Crippen molar-refractivity contribution in [1.29, 1.82) is 0 Å². The molecule has 1 fully saturated rings. The van der Waals surface area contributed by atoms with E-state index in [1.54, 1.807) is 6.20 Å². The van der Waals surface area contributed by atoms with Crippen LogP contribution in [0.4, 0.5) is 5.69 Å². The molecule has 4 heteroatoms. The van der Waals surface area contributed by atoms with Gasteiger partial charge in [-0.1, -0.05) is 6.92 Å². The fourth-order valence-corrected chi connectivity index (χ4v) is 2.32. The van der Waals surface area contributed by atoms with Crippen LogP contribution in [0.5, 0.6) is 0 Å². The minimum absolute atomic E-state index is 0.157.